The third-order valence-corrected chi connectivity index (χ3v) is 3.77. The lowest BCUT2D eigenvalue weighted by atomic mass is 10.1. The summed E-state index contributed by atoms with van der Waals surface area (Å²) in [5, 5.41) is 3.22. The molecule has 0 bridgehead atoms. The highest BCUT2D eigenvalue weighted by atomic mass is 79.9. The molecule has 0 aliphatic heterocycles. The molecule has 2 nitrogen and oxygen atoms in total. The summed E-state index contributed by atoms with van der Waals surface area (Å²) in [5.74, 6) is 0.00165. The molecule has 0 radical (unpaired) electrons. The average molecular weight is 330 g/mol. The monoisotopic (exact) mass is 329 g/mol. The maximum atomic E-state index is 12.0. The van der Waals surface area contributed by atoms with Crippen molar-refractivity contribution in [1.29, 1.82) is 0 Å². The Labute approximate surface area is 127 Å². The summed E-state index contributed by atoms with van der Waals surface area (Å²) in [5.41, 5.74) is 3.64. The summed E-state index contributed by atoms with van der Waals surface area (Å²) in [7, 11) is 0. The molecular formula is C17H16BrNO. The average Bonchev–Trinajstić information content (AvgIpc) is 2.44. The molecule has 2 aromatic rings. The molecule has 0 fully saturated rings. The Hall–Kier alpha value is -1.87. The van der Waals surface area contributed by atoms with Crippen LogP contribution < -0.4 is 5.32 Å². The van der Waals surface area contributed by atoms with Crippen LogP contribution in [0.1, 0.15) is 22.8 Å². The lowest BCUT2D eigenvalue weighted by Gasteiger charge is -2.08. The summed E-state index contributed by atoms with van der Waals surface area (Å²) in [6.45, 7) is 3.92. The van der Waals surface area contributed by atoms with E-state index >= 15 is 0 Å². The number of carbonyl (C=O) groups is 1. The number of aryl methyl sites for hydroxylation is 1. The predicted octanol–water partition coefficient (Wildman–Crippen LogP) is 4.96. The molecule has 1 N–H and O–H groups in total. The maximum absolute atomic E-state index is 12.0. The first kappa shape index (κ1) is 14.5. The van der Waals surface area contributed by atoms with Crippen LogP contribution in [0, 0.1) is 6.92 Å². The van der Waals surface area contributed by atoms with Crippen molar-refractivity contribution in [1.82, 2.24) is 0 Å². The summed E-state index contributed by atoms with van der Waals surface area (Å²) < 4.78 is 1.05. The van der Waals surface area contributed by atoms with Gasteiger partial charge in [0, 0.05) is 27.5 Å². The molecule has 0 unspecified atom stereocenters. The van der Waals surface area contributed by atoms with Crippen molar-refractivity contribution < 1.29 is 4.79 Å². The molecule has 0 aromatic heterocycles. The van der Waals surface area contributed by atoms with Gasteiger partial charge in [0.05, 0.1) is 0 Å². The first-order valence-electron chi connectivity index (χ1n) is 6.37. The molecule has 20 heavy (non-hydrogen) atoms. The molecule has 102 valence electrons. The van der Waals surface area contributed by atoms with Gasteiger partial charge in [0.1, 0.15) is 0 Å². The van der Waals surface area contributed by atoms with E-state index in [1.165, 1.54) is 5.56 Å². The van der Waals surface area contributed by atoms with E-state index in [0.717, 1.165) is 15.9 Å². The Balaban J connectivity index is 2.11. The lowest BCUT2D eigenvalue weighted by molar-refractivity contribution is 0.104. The SMILES string of the molecule is CC(=CC(=O)c1ccccc1)Nc1ccc(C)c(Br)c1. The topological polar surface area (TPSA) is 29.1 Å². The zero-order valence-electron chi connectivity index (χ0n) is 11.5. The molecule has 2 aromatic carbocycles. The predicted molar refractivity (Wildman–Crippen MR) is 87.0 cm³/mol. The van der Waals surface area contributed by atoms with Crippen LogP contribution in [-0.2, 0) is 0 Å². The van der Waals surface area contributed by atoms with Crippen molar-refractivity contribution in [3.63, 3.8) is 0 Å². The third-order valence-electron chi connectivity index (χ3n) is 2.92. The second kappa shape index (κ2) is 6.53. The van der Waals surface area contributed by atoms with E-state index in [1.54, 1.807) is 6.08 Å². The number of hydrogen-bond donors (Lipinski definition) is 1. The highest BCUT2D eigenvalue weighted by molar-refractivity contribution is 9.10. The Morgan fingerprint density at radius 2 is 1.85 bits per heavy atom. The highest BCUT2D eigenvalue weighted by Crippen LogP contribution is 2.21. The quantitative estimate of drug-likeness (QED) is 0.634. The molecule has 0 heterocycles. The van der Waals surface area contributed by atoms with E-state index in [2.05, 4.69) is 21.2 Å². The summed E-state index contributed by atoms with van der Waals surface area (Å²) in [6.07, 6.45) is 1.61. The van der Waals surface area contributed by atoms with Gasteiger partial charge < -0.3 is 5.32 Å². The van der Waals surface area contributed by atoms with Gasteiger partial charge >= 0.3 is 0 Å². The first-order chi connectivity index (χ1) is 9.56. The molecular weight excluding hydrogens is 314 g/mol. The van der Waals surface area contributed by atoms with E-state index in [1.807, 2.05) is 62.4 Å². The molecule has 0 saturated carbocycles. The minimum Gasteiger partial charge on any atom is -0.359 e. The number of hydrogen-bond acceptors (Lipinski definition) is 2. The summed E-state index contributed by atoms with van der Waals surface area (Å²) in [4.78, 5) is 12.0. The second-order valence-corrected chi connectivity index (χ2v) is 5.50. The van der Waals surface area contributed by atoms with Crippen molar-refractivity contribution in [2.45, 2.75) is 13.8 Å². The number of anilines is 1. The van der Waals surface area contributed by atoms with Gasteiger partial charge in [0.15, 0.2) is 5.78 Å². The Morgan fingerprint density at radius 3 is 2.50 bits per heavy atom. The molecule has 0 atom stereocenters. The second-order valence-electron chi connectivity index (χ2n) is 4.65. The largest absolute Gasteiger partial charge is 0.359 e. The molecule has 0 aliphatic carbocycles. The minimum atomic E-state index is 0.00165. The normalized spacial score (nSPS) is 11.2. The highest BCUT2D eigenvalue weighted by Gasteiger charge is 2.03. The van der Waals surface area contributed by atoms with E-state index in [4.69, 9.17) is 0 Å². The van der Waals surface area contributed by atoms with E-state index < -0.39 is 0 Å². The number of carbonyl (C=O) groups excluding carboxylic acids is 1. The third kappa shape index (κ3) is 3.81. The number of allylic oxidation sites excluding steroid dienone is 2. The fourth-order valence-electron chi connectivity index (χ4n) is 1.82. The Morgan fingerprint density at radius 1 is 1.15 bits per heavy atom. The van der Waals surface area contributed by atoms with Crippen LogP contribution in [0.15, 0.2) is 64.8 Å². The maximum Gasteiger partial charge on any atom is 0.187 e. The van der Waals surface area contributed by atoms with Crippen LogP contribution >= 0.6 is 15.9 Å². The fourth-order valence-corrected chi connectivity index (χ4v) is 2.20. The first-order valence-corrected chi connectivity index (χ1v) is 7.16. The van der Waals surface area contributed by atoms with Gasteiger partial charge in [0.25, 0.3) is 0 Å². The Bertz CT molecular complexity index is 647. The molecule has 2 rings (SSSR count). The van der Waals surface area contributed by atoms with Crippen LogP contribution in [0.2, 0.25) is 0 Å². The fraction of sp³-hybridized carbons (Fsp3) is 0.118. The molecule has 0 amide bonds. The van der Waals surface area contributed by atoms with E-state index in [9.17, 15) is 4.79 Å². The minimum absolute atomic E-state index is 0.00165. The molecule has 3 heteroatoms. The van der Waals surface area contributed by atoms with Gasteiger partial charge in [-0.2, -0.15) is 0 Å². The number of nitrogens with one attached hydrogen (secondary N) is 1. The number of halogens is 1. The Kier molecular flexibility index (Phi) is 4.74. The van der Waals surface area contributed by atoms with Crippen molar-refractivity contribution in [3.05, 3.63) is 75.9 Å². The van der Waals surface area contributed by atoms with Crippen LogP contribution in [0.25, 0.3) is 0 Å². The molecule has 0 aliphatic rings. The van der Waals surface area contributed by atoms with Gasteiger partial charge in [-0.15, -0.1) is 0 Å². The van der Waals surface area contributed by atoms with Crippen molar-refractivity contribution in [3.8, 4) is 0 Å². The van der Waals surface area contributed by atoms with Gasteiger partial charge in [-0.3, -0.25) is 4.79 Å². The lowest BCUT2D eigenvalue weighted by Crippen LogP contribution is -2.01. The van der Waals surface area contributed by atoms with Crippen LogP contribution in [0.3, 0.4) is 0 Å². The number of benzene rings is 2. The van der Waals surface area contributed by atoms with E-state index in [0.29, 0.717) is 5.56 Å². The zero-order chi connectivity index (χ0) is 14.5. The number of rotatable bonds is 4. The van der Waals surface area contributed by atoms with Crippen molar-refractivity contribution in [2.75, 3.05) is 5.32 Å². The van der Waals surface area contributed by atoms with Crippen LogP contribution in [-0.4, -0.2) is 5.78 Å². The summed E-state index contributed by atoms with van der Waals surface area (Å²) >= 11 is 3.50. The van der Waals surface area contributed by atoms with Crippen LogP contribution in [0.5, 0.6) is 0 Å². The van der Waals surface area contributed by atoms with Crippen molar-refractivity contribution in [2.24, 2.45) is 0 Å². The summed E-state index contributed by atoms with van der Waals surface area (Å²) in [6, 6.07) is 15.3. The zero-order valence-corrected chi connectivity index (χ0v) is 13.1. The number of ketones is 1. The van der Waals surface area contributed by atoms with E-state index in [-0.39, 0.29) is 5.78 Å². The molecule has 0 spiro atoms. The van der Waals surface area contributed by atoms with Gasteiger partial charge in [-0.05, 0) is 31.5 Å². The molecule has 0 saturated heterocycles. The smallest absolute Gasteiger partial charge is 0.187 e. The van der Waals surface area contributed by atoms with Gasteiger partial charge in [-0.25, -0.2) is 0 Å². The van der Waals surface area contributed by atoms with Crippen LogP contribution in [0.4, 0.5) is 5.69 Å². The standard InChI is InChI=1S/C17H16BrNO/c1-12-8-9-15(11-16(12)18)19-13(2)10-17(20)14-6-4-3-5-7-14/h3-11,19H,1-2H3. The van der Waals surface area contributed by atoms with Gasteiger partial charge in [0.2, 0.25) is 0 Å². The van der Waals surface area contributed by atoms with Gasteiger partial charge in [-0.1, -0.05) is 52.3 Å². The van der Waals surface area contributed by atoms with Crippen molar-refractivity contribution >= 4 is 27.4 Å².